The largest absolute Gasteiger partial charge is 0.392 e. The molecular formula is C10H9NO2. The number of rotatable bonds is 1. The number of pyridine rings is 2. The molecule has 2 heterocycles. The van der Waals surface area contributed by atoms with Crippen molar-refractivity contribution in [2.45, 2.75) is 6.61 Å². The van der Waals surface area contributed by atoms with Crippen LogP contribution in [0.5, 0.6) is 0 Å². The van der Waals surface area contributed by atoms with Gasteiger partial charge in [0.05, 0.1) is 12.1 Å². The Kier molecular flexibility index (Phi) is 1.87. The Balaban J connectivity index is 2.92. The standard InChI is InChI=1S/C10H9NO2/c12-7-8-3-2-6-11-9(8)4-1-5-10(11)13/h1-6,12H,7H2. The summed E-state index contributed by atoms with van der Waals surface area (Å²) < 4.78 is 1.52. The second kappa shape index (κ2) is 3.03. The van der Waals surface area contributed by atoms with Crippen molar-refractivity contribution in [3.8, 4) is 0 Å². The van der Waals surface area contributed by atoms with Crippen LogP contribution in [0.3, 0.4) is 0 Å². The van der Waals surface area contributed by atoms with Gasteiger partial charge in [-0.3, -0.25) is 9.20 Å². The molecule has 0 bridgehead atoms. The molecular weight excluding hydrogens is 166 g/mol. The number of aliphatic hydroxyl groups excluding tert-OH is 1. The van der Waals surface area contributed by atoms with Gasteiger partial charge in [-0.1, -0.05) is 12.1 Å². The van der Waals surface area contributed by atoms with E-state index in [1.54, 1.807) is 24.4 Å². The molecule has 2 rings (SSSR count). The smallest absolute Gasteiger partial charge is 0.255 e. The summed E-state index contributed by atoms with van der Waals surface area (Å²) in [5.74, 6) is 0. The molecule has 0 unspecified atom stereocenters. The van der Waals surface area contributed by atoms with Crippen molar-refractivity contribution in [3.63, 3.8) is 0 Å². The Morgan fingerprint density at radius 3 is 2.85 bits per heavy atom. The summed E-state index contributed by atoms with van der Waals surface area (Å²) in [7, 11) is 0. The molecule has 13 heavy (non-hydrogen) atoms. The molecule has 2 aromatic heterocycles. The van der Waals surface area contributed by atoms with Crippen LogP contribution in [0.25, 0.3) is 5.52 Å². The molecule has 0 saturated heterocycles. The number of nitrogens with zero attached hydrogens (tertiary/aromatic N) is 1. The molecule has 0 radical (unpaired) electrons. The zero-order chi connectivity index (χ0) is 9.26. The third-order valence-electron chi connectivity index (χ3n) is 2.02. The van der Waals surface area contributed by atoms with E-state index in [-0.39, 0.29) is 12.2 Å². The highest BCUT2D eigenvalue weighted by atomic mass is 16.3. The lowest BCUT2D eigenvalue weighted by Crippen LogP contribution is -2.11. The zero-order valence-electron chi connectivity index (χ0n) is 6.97. The van der Waals surface area contributed by atoms with E-state index >= 15 is 0 Å². The molecule has 2 aromatic rings. The van der Waals surface area contributed by atoms with Crippen LogP contribution in [0.4, 0.5) is 0 Å². The molecule has 0 fully saturated rings. The molecule has 0 saturated carbocycles. The first-order valence-corrected chi connectivity index (χ1v) is 4.03. The van der Waals surface area contributed by atoms with Gasteiger partial charge in [-0.05, 0) is 12.1 Å². The van der Waals surface area contributed by atoms with Crippen LogP contribution in [0.2, 0.25) is 0 Å². The fourth-order valence-electron chi connectivity index (χ4n) is 1.38. The highest BCUT2D eigenvalue weighted by Crippen LogP contribution is 2.07. The van der Waals surface area contributed by atoms with Gasteiger partial charge in [0.2, 0.25) is 0 Å². The fraction of sp³-hybridized carbons (Fsp3) is 0.100. The summed E-state index contributed by atoms with van der Waals surface area (Å²) in [6.45, 7) is -0.0478. The Morgan fingerprint density at radius 1 is 1.23 bits per heavy atom. The van der Waals surface area contributed by atoms with E-state index in [9.17, 15) is 4.79 Å². The van der Waals surface area contributed by atoms with Gasteiger partial charge in [-0.15, -0.1) is 0 Å². The lowest BCUT2D eigenvalue weighted by atomic mass is 10.2. The first kappa shape index (κ1) is 8.01. The van der Waals surface area contributed by atoms with E-state index in [2.05, 4.69) is 0 Å². The molecule has 66 valence electrons. The third-order valence-corrected chi connectivity index (χ3v) is 2.02. The normalized spacial score (nSPS) is 10.5. The fourth-order valence-corrected chi connectivity index (χ4v) is 1.38. The van der Waals surface area contributed by atoms with Crippen molar-refractivity contribution >= 4 is 5.52 Å². The van der Waals surface area contributed by atoms with Crippen LogP contribution in [0, 0.1) is 0 Å². The molecule has 0 amide bonds. The molecule has 0 spiro atoms. The minimum Gasteiger partial charge on any atom is -0.392 e. The van der Waals surface area contributed by atoms with E-state index in [0.717, 1.165) is 11.1 Å². The van der Waals surface area contributed by atoms with Crippen LogP contribution in [-0.2, 0) is 6.61 Å². The topological polar surface area (TPSA) is 41.7 Å². The van der Waals surface area contributed by atoms with Crippen LogP contribution in [0.15, 0.2) is 41.3 Å². The predicted octanol–water partition coefficient (Wildman–Crippen LogP) is 0.792. The van der Waals surface area contributed by atoms with Crippen molar-refractivity contribution < 1.29 is 5.11 Å². The molecule has 0 aliphatic rings. The minimum atomic E-state index is -0.0761. The summed E-state index contributed by atoms with van der Waals surface area (Å²) in [6.07, 6.45) is 1.69. The molecule has 0 aliphatic carbocycles. The summed E-state index contributed by atoms with van der Waals surface area (Å²) in [5.41, 5.74) is 1.45. The van der Waals surface area contributed by atoms with E-state index in [1.165, 1.54) is 10.5 Å². The quantitative estimate of drug-likeness (QED) is 0.696. The van der Waals surface area contributed by atoms with Crippen LogP contribution in [-0.4, -0.2) is 9.51 Å². The van der Waals surface area contributed by atoms with Crippen LogP contribution < -0.4 is 5.56 Å². The summed E-state index contributed by atoms with van der Waals surface area (Å²) >= 11 is 0. The van der Waals surface area contributed by atoms with Gasteiger partial charge in [0.25, 0.3) is 5.56 Å². The minimum absolute atomic E-state index is 0.0478. The average Bonchev–Trinajstić information content (AvgIpc) is 2.18. The van der Waals surface area contributed by atoms with E-state index in [4.69, 9.17) is 5.11 Å². The number of fused-ring (bicyclic) bond motifs is 1. The second-order valence-electron chi connectivity index (χ2n) is 2.81. The lowest BCUT2D eigenvalue weighted by Gasteiger charge is -2.03. The highest BCUT2D eigenvalue weighted by molar-refractivity contribution is 5.53. The molecule has 1 N–H and O–H groups in total. The predicted molar refractivity (Wildman–Crippen MR) is 49.6 cm³/mol. The maximum atomic E-state index is 11.3. The second-order valence-corrected chi connectivity index (χ2v) is 2.81. The molecule has 3 heteroatoms. The van der Waals surface area contributed by atoms with Gasteiger partial charge in [-0.25, -0.2) is 0 Å². The summed E-state index contributed by atoms with van der Waals surface area (Å²) in [6, 6.07) is 8.55. The van der Waals surface area contributed by atoms with Crippen molar-refractivity contribution in [2.24, 2.45) is 0 Å². The Bertz CT molecular complexity index is 487. The number of aromatic nitrogens is 1. The summed E-state index contributed by atoms with van der Waals surface area (Å²) in [4.78, 5) is 11.3. The van der Waals surface area contributed by atoms with Crippen molar-refractivity contribution in [1.82, 2.24) is 4.40 Å². The van der Waals surface area contributed by atoms with E-state index in [1.807, 2.05) is 6.07 Å². The monoisotopic (exact) mass is 175 g/mol. The zero-order valence-corrected chi connectivity index (χ0v) is 6.97. The number of hydrogen-bond donors (Lipinski definition) is 1. The Morgan fingerprint density at radius 2 is 2.08 bits per heavy atom. The Labute approximate surface area is 74.9 Å². The van der Waals surface area contributed by atoms with Gasteiger partial charge in [0.15, 0.2) is 0 Å². The molecule has 3 nitrogen and oxygen atoms in total. The highest BCUT2D eigenvalue weighted by Gasteiger charge is 1.98. The van der Waals surface area contributed by atoms with Crippen LogP contribution >= 0.6 is 0 Å². The van der Waals surface area contributed by atoms with Crippen molar-refractivity contribution in [2.75, 3.05) is 0 Å². The van der Waals surface area contributed by atoms with Gasteiger partial charge in [0, 0.05) is 17.8 Å². The summed E-state index contributed by atoms with van der Waals surface area (Å²) in [5, 5.41) is 9.01. The maximum absolute atomic E-state index is 11.3. The maximum Gasteiger partial charge on any atom is 0.255 e. The number of hydrogen-bond acceptors (Lipinski definition) is 2. The van der Waals surface area contributed by atoms with Gasteiger partial charge in [0.1, 0.15) is 0 Å². The SMILES string of the molecule is O=c1cccc2c(CO)cccn12. The third kappa shape index (κ3) is 1.23. The first-order chi connectivity index (χ1) is 6.33. The Hall–Kier alpha value is -1.61. The number of aliphatic hydroxyl groups is 1. The first-order valence-electron chi connectivity index (χ1n) is 4.03. The lowest BCUT2D eigenvalue weighted by molar-refractivity contribution is 0.283. The molecule has 0 aliphatic heterocycles. The molecule has 0 atom stereocenters. The average molecular weight is 175 g/mol. The van der Waals surface area contributed by atoms with Gasteiger partial charge >= 0.3 is 0 Å². The van der Waals surface area contributed by atoms with E-state index in [0.29, 0.717) is 0 Å². The van der Waals surface area contributed by atoms with Crippen molar-refractivity contribution in [1.29, 1.82) is 0 Å². The van der Waals surface area contributed by atoms with Gasteiger partial charge < -0.3 is 5.11 Å². The van der Waals surface area contributed by atoms with Gasteiger partial charge in [-0.2, -0.15) is 0 Å². The van der Waals surface area contributed by atoms with Crippen molar-refractivity contribution in [3.05, 3.63) is 52.4 Å². The molecule has 0 aromatic carbocycles. The van der Waals surface area contributed by atoms with Crippen LogP contribution in [0.1, 0.15) is 5.56 Å². The van der Waals surface area contributed by atoms with E-state index < -0.39 is 0 Å².